The van der Waals surface area contributed by atoms with Crippen LogP contribution >= 0.6 is 0 Å². The average molecular weight is 539 g/mol. The van der Waals surface area contributed by atoms with Gasteiger partial charge >= 0.3 is 0 Å². The summed E-state index contributed by atoms with van der Waals surface area (Å²) in [5.74, 6) is 2.16. The van der Waals surface area contributed by atoms with Crippen LogP contribution in [0.1, 0.15) is 48.9 Å². The van der Waals surface area contributed by atoms with Gasteiger partial charge in [-0.2, -0.15) is 0 Å². The van der Waals surface area contributed by atoms with E-state index in [4.69, 9.17) is 0 Å². The number of hydrogen-bond donors (Lipinski definition) is 0. The molecular formula is C36H39BN2Si. The van der Waals surface area contributed by atoms with Crippen molar-refractivity contribution in [3.63, 3.8) is 0 Å². The molecule has 2 nitrogen and oxygen atoms in total. The molecule has 0 saturated heterocycles. The first-order valence-corrected chi connectivity index (χ1v) is 15.7. The summed E-state index contributed by atoms with van der Waals surface area (Å²) in [7, 11) is 1.42. The first-order valence-electron chi connectivity index (χ1n) is 14.2. The van der Waals surface area contributed by atoms with Gasteiger partial charge in [0.25, 0.3) is 0 Å². The second-order valence-corrected chi connectivity index (χ2v) is 11.8. The molecule has 0 spiro atoms. The van der Waals surface area contributed by atoms with Crippen molar-refractivity contribution in [1.29, 1.82) is 0 Å². The van der Waals surface area contributed by atoms with Crippen molar-refractivity contribution in [3.05, 3.63) is 180 Å². The number of aromatic nitrogens is 2. The topological polar surface area (TPSA) is 17.8 Å². The molecule has 0 amide bonds. The number of benzene rings is 4. The van der Waals surface area contributed by atoms with Gasteiger partial charge in [0.1, 0.15) is 7.85 Å². The zero-order chi connectivity index (χ0) is 28.0. The maximum atomic E-state index is 4.37. The molecule has 1 aromatic heterocycles. The molecule has 0 radical (unpaired) electrons. The molecule has 0 bridgehead atoms. The summed E-state index contributed by atoms with van der Waals surface area (Å²) in [5.41, 5.74) is 10.5. The van der Waals surface area contributed by atoms with Gasteiger partial charge in [0.2, 0.25) is 0 Å². The molecule has 0 saturated carbocycles. The molecule has 4 aromatic carbocycles. The molecule has 5 rings (SSSR count). The van der Waals surface area contributed by atoms with Gasteiger partial charge in [-0.25, -0.2) is 4.98 Å². The summed E-state index contributed by atoms with van der Waals surface area (Å²) >= 11 is 0. The lowest BCUT2D eigenvalue weighted by Gasteiger charge is -2.36. The van der Waals surface area contributed by atoms with Gasteiger partial charge in [0, 0.05) is 12.4 Å². The quantitative estimate of drug-likeness (QED) is 0.181. The predicted molar refractivity (Wildman–Crippen MR) is 177 cm³/mol. The Labute approximate surface area is 243 Å². The SMILES string of the molecule is BC=C(c1ccccc1)c1ccccc1.CCCC(C)=C[SiH2]C(c1ccccc1)(c1ccccc1)n1ccnc1. The third-order valence-corrected chi connectivity index (χ3v) is 9.97. The molecule has 0 aliphatic rings. The van der Waals surface area contributed by atoms with Crippen LogP contribution < -0.4 is 0 Å². The van der Waals surface area contributed by atoms with Crippen LogP contribution in [0.3, 0.4) is 0 Å². The Kier molecular flexibility index (Phi) is 10.7. The van der Waals surface area contributed by atoms with Gasteiger partial charge in [-0.15, -0.1) is 5.98 Å². The summed E-state index contributed by atoms with van der Waals surface area (Å²) in [6.07, 6.45) is 8.34. The van der Waals surface area contributed by atoms with E-state index in [9.17, 15) is 0 Å². The van der Waals surface area contributed by atoms with E-state index in [0.29, 0.717) is 0 Å². The molecule has 0 N–H and O–H groups in total. The predicted octanol–water partition coefficient (Wildman–Crippen LogP) is 7.21. The van der Waals surface area contributed by atoms with E-state index in [0.717, 1.165) is 0 Å². The Morgan fingerprint density at radius 1 is 0.775 bits per heavy atom. The van der Waals surface area contributed by atoms with Gasteiger partial charge in [0.05, 0.1) is 21.0 Å². The molecule has 40 heavy (non-hydrogen) atoms. The van der Waals surface area contributed by atoms with Crippen molar-refractivity contribution < 1.29 is 0 Å². The highest BCUT2D eigenvalue weighted by Crippen LogP contribution is 2.33. The molecule has 0 aliphatic carbocycles. The molecule has 0 atom stereocenters. The van der Waals surface area contributed by atoms with Gasteiger partial charge in [-0.05, 0) is 41.2 Å². The van der Waals surface area contributed by atoms with Crippen molar-refractivity contribution in [2.75, 3.05) is 0 Å². The minimum Gasteiger partial charge on any atom is -0.326 e. The lowest BCUT2D eigenvalue weighted by atomic mass is 9.92. The Balaban J connectivity index is 0.000000210. The first kappa shape index (κ1) is 28.8. The molecular weight excluding hydrogens is 499 g/mol. The van der Waals surface area contributed by atoms with E-state index < -0.39 is 9.52 Å². The number of nitrogens with zero attached hydrogens (tertiary/aromatic N) is 2. The molecule has 4 heteroatoms. The van der Waals surface area contributed by atoms with E-state index >= 15 is 0 Å². The van der Waals surface area contributed by atoms with Crippen molar-refractivity contribution in [3.8, 4) is 0 Å². The van der Waals surface area contributed by atoms with E-state index in [1.54, 1.807) is 0 Å². The Morgan fingerprint density at radius 3 is 1.65 bits per heavy atom. The van der Waals surface area contributed by atoms with Crippen molar-refractivity contribution in [2.24, 2.45) is 0 Å². The van der Waals surface area contributed by atoms with Crippen molar-refractivity contribution in [1.82, 2.24) is 9.55 Å². The zero-order valence-electron chi connectivity index (χ0n) is 23.9. The van der Waals surface area contributed by atoms with Crippen LogP contribution in [0.4, 0.5) is 0 Å². The smallest absolute Gasteiger partial charge is 0.130 e. The summed E-state index contributed by atoms with van der Waals surface area (Å²) in [5, 5.41) is -0.145. The monoisotopic (exact) mass is 538 g/mol. The summed E-state index contributed by atoms with van der Waals surface area (Å²) in [6, 6.07) is 42.7. The fourth-order valence-corrected chi connectivity index (χ4v) is 7.46. The lowest BCUT2D eigenvalue weighted by Crippen LogP contribution is -2.41. The maximum Gasteiger partial charge on any atom is 0.130 e. The standard InChI is InChI=1S/C22H26N2Si.C14H13B/c1-3-10-19(2)17-25-22(24-16-15-23-18-24,20-11-6-4-7-12-20)21-13-8-5-9-14-21;15-11-14(12-7-3-1-4-8-12)13-9-5-2-6-10-13/h4-9,11-18H,3,10,25H2,1-2H3;1-11H,15H2. The fraction of sp³-hybridized carbons (Fsp3) is 0.139. The third-order valence-electron chi connectivity index (χ3n) is 7.30. The van der Waals surface area contributed by atoms with E-state index in [-0.39, 0.29) is 5.16 Å². The normalized spacial score (nSPS) is 11.6. The highest BCUT2D eigenvalue weighted by Gasteiger charge is 2.35. The second-order valence-electron chi connectivity index (χ2n) is 10.0. The maximum absolute atomic E-state index is 4.37. The Morgan fingerprint density at radius 2 is 1.25 bits per heavy atom. The van der Waals surface area contributed by atoms with Crippen LogP contribution in [0.15, 0.2) is 157 Å². The number of allylic oxidation sites excluding steroid dienone is 1. The van der Waals surface area contributed by atoms with Crippen molar-refractivity contribution in [2.45, 2.75) is 31.9 Å². The lowest BCUT2D eigenvalue weighted by molar-refractivity contribution is 0.596. The minimum absolute atomic E-state index is 0.145. The van der Waals surface area contributed by atoms with E-state index in [1.807, 2.05) is 24.7 Å². The molecule has 1 heterocycles. The molecule has 5 aromatic rings. The number of hydrogen-bond acceptors (Lipinski definition) is 1. The second kappa shape index (κ2) is 14.9. The Bertz CT molecular complexity index is 1380. The minimum atomic E-state index is -0.654. The number of imidazole rings is 1. The van der Waals surface area contributed by atoms with Crippen LogP contribution in [-0.2, 0) is 5.16 Å². The zero-order valence-corrected chi connectivity index (χ0v) is 25.4. The van der Waals surface area contributed by atoms with Crippen LogP contribution in [0.5, 0.6) is 0 Å². The van der Waals surface area contributed by atoms with Gasteiger partial charge in [0.15, 0.2) is 0 Å². The van der Waals surface area contributed by atoms with Gasteiger partial charge in [-0.1, -0.05) is 146 Å². The third kappa shape index (κ3) is 7.08. The highest BCUT2D eigenvalue weighted by atomic mass is 28.2. The van der Waals surface area contributed by atoms with Crippen LogP contribution in [0.2, 0.25) is 0 Å². The van der Waals surface area contributed by atoms with Crippen LogP contribution in [0.25, 0.3) is 5.57 Å². The molecule has 200 valence electrons. The van der Waals surface area contributed by atoms with Gasteiger partial charge in [-0.3, -0.25) is 0 Å². The van der Waals surface area contributed by atoms with Crippen LogP contribution in [0, 0.1) is 0 Å². The summed E-state index contributed by atoms with van der Waals surface area (Å²) in [6.45, 7) is 4.52. The summed E-state index contributed by atoms with van der Waals surface area (Å²) < 4.78 is 2.31. The molecule has 0 unspecified atom stereocenters. The van der Waals surface area contributed by atoms with E-state index in [1.165, 1.54) is 46.2 Å². The largest absolute Gasteiger partial charge is 0.326 e. The van der Waals surface area contributed by atoms with Crippen molar-refractivity contribution >= 4 is 22.9 Å². The van der Waals surface area contributed by atoms with E-state index in [2.05, 4.69) is 158 Å². The van der Waals surface area contributed by atoms with Crippen LogP contribution in [-0.4, -0.2) is 26.9 Å². The average Bonchev–Trinajstić information content (AvgIpc) is 3.56. The molecule has 0 fully saturated rings. The number of rotatable bonds is 9. The first-order chi connectivity index (χ1) is 19.7. The molecule has 0 aliphatic heterocycles. The summed E-state index contributed by atoms with van der Waals surface area (Å²) in [4.78, 5) is 4.37. The fourth-order valence-electron chi connectivity index (χ4n) is 5.27. The Hall–Kier alpha value is -4.15. The highest BCUT2D eigenvalue weighted by molar-refractivity contribution is 6.47. The van der Waals surface area contributed by atoms with Gasteiger partial charge < -0.3 is 4.57 Å².